The number of hydrogen-bond donors (Lipinski definition) is 1. The molecular weight excluding hydrogens is 324 g/mol. The number of aromatic nitrogens is 1. The molecule has 0 spiro atoms. The van der Waals surface area contributed by atoms with Gasteiger partial charge in [0.25, 0.3) is 0 Å². The highest BCUT2D eigenvalue weighted by Crippen LogP contribution is 2.33. The lowest BCUT2D eigenvalue weighted by atomic mass is 9.87. The molecule has 112 valence electrons. The first kappa shape index (κ1) is 16.2. The Bertz CT molecular complexity index is 569. The van der Waals surface area contributed by atoms with E-state index in [0.29, 0.717) is 12.0 Å². The van der Waals surface area contributed by atoms with Crippen molar-refractivity contribution in [3.63, 3.8) is 0 Å². The lowest BCUT2D eigenvalue weighted by molar-refractivity contribution is 0.464. The summed E-state index contributed by atoms with van der Waals surface area (Å²) in [6.45, 7) is 7.69. The third-order valence-electron chi connectivity index (χ3n) is 3.92. The fourth-order valence-electron chi connectivity index (χ4n) is 2.66. The third-order valence-corrected chi connectivity index (χ3v) is 4.42. The number of benzene rings is 1. The minimum atomic E-state index is 0.310. The molecule has 1 aromatic carbocycles. The normalized spacial score (nSPS) is 13.9. The number of hydrogen-bond acceptors (Lipinski definition) is 2. The summed E-state index contributed by atoms with van der Waals surface area (Å²) in [5, 5.41) is 3.71. The van der Waals surface area contributed by atoms with Gasteiger partial charge in [0.1, 0.15) is 0 Å². The summed E-state index contributed by atoms with van der Waals surface area (Å²) in [4.78, 5) is 4.13. The molecule has 0 saturated heterocycles. The molecule has 2 nitrogen and oxygen atoms in total. The number of pyridine rings is 1. The van der Waals surface area contributed by atoms with E-state index in [1.54, 1.807) is 0 Å². The lowest BCUT2D eigenvalue weighted by Gasteiger charge is -2.27. The van der Waals surface area contributed by atoms with Crippen molar-refractivity contribution in [2.75, 3.05) is 6.54 Å². The Hall–Kier alpha value is -1.19. The number of nitrogens with one attached hydrogen (secondary N) is 1. The second-order valence-electron chi connectivity index (χ2n) is 5.50. The summed E-state index contributed by atoms with van der Waals surface area (Å²) in [5.41, 5.74) is 4.01. The number of rotatable bonds is 6. The molecule has 0 bridgehead atoms. The highest BCUT2D eigenvalue weighted by molar-refractivity contribution is 9.10. The van der Waals surface area contributed by atoms with E-state index in [-0.39, 0.29) is 0 Å². The van der Waals surface area contributed by atoms with Gasteiger partial charge in [-0.3, -0.25) is 4.98 Å². The quantitative estimate of drug-likeness (QED) is 0.796. The number of nitrogens with zero attached hydrogens (tertiary/aromatic N) is 1. The predicted molar refractivity (Wildman–Crippen MR) is 92.6 cm³/mol. The fourth-order valence-corrected chi connectivity index (χ4v) is 3.04. The van der Waals surface area contributed by atoms with Crippen molar-refractivity contribution in [3.05, 3.63) is 63.9 Å². The summed E-state index contributed by atoms with van der Waals surface area (Å²) in [6.07, 6.45) is 4.87. The van der Waals surface area contributed by atoms with E-state index in [4.69, 9.17) is 0 Å². The first-order chi connectivity index (χ1) is 10.1. The maximum absolute atomic E-state index is 4.13. The van der Waals surface area contributed by atoms with E-state index in [0.717, 1.165) is 17.4 Å². The van der Waals surface area contributed by atoms with Crippen LogP contribution in [0.15, 0.2) is 47.2 Å². The van der Waals surface area contributed by atoms with Gasteiger partial charge in [0.05, 0.1) is 0 Å². The van der Waals surface area contributed by atoms with Crippen LogP contribution in [0, 0.1) is 6.92 Å². The zero-order valence-corrected chi connectivity index (χ0v) is 14.5. The summed E-state index contributed by atoms with van der Waals surface area (Å²) < 4.78 is 1.13. The minimum Gasteiger partial charge on any atom is -0.309 e. The Labute approximate surface area is 136 Å². The van der Waals surface area contributed by atoms with E-state index in [1.165, 1.54) is 16.7 Å². The molecule has 2 rings (SSSR count). The van der Waals surface area contributed by atoms with Crippen LogP contribution >= 0.6 is 15.9 Å². The predicted octanol–water partition coefficient (Wildman–Crippen LogP) is 5.00. The zero-order valence-electron chi connectivity index (χ0n) is 12.9. The van der Waals surface area contributed by atoms with Crippen LogP contribution in [0.2, 0.25) is 0 Å². The Morgan fingerprint density at radius 1 is 1.19 bits per heavy atom. The van der Waals surface area contributed by atoms with Gasteiger partial charge in [-0.15, -0.1) is 0 Å². The molecule has 2 atom stereocenters. The van der Waals surface area contributed by atoms with E-state index >= 15 is 0 Å². The van der Waals surface area contributed by atoms with Crippen molar-refractivity contribution in [2.45, 2.75) is 39.2 Å². The molecule has 1 aromatic heterocycles. The minimum absolute atomic E-state index is 0.310. The Morgan fingerprint density at radius 2 is 1.90 bits per heavy atom. The van der Waals surface area contributed by atoms with Gasteiger partial charge in [0, 0.05) is 28.8 Å². The largest absolute Gasteiger partial charge is 0.309 e. The van der Waals surface area contributed by atoms with Gasteiger partial charge in [-0.2, -0.15) is 0 Å². The number of aryl methyl sites for hydroxylation is 1. The van der Waals surface area contributed by atoms with Crippen LogP contribution in [0.1, 0.15) is 48.9 Å². The second-order valence-corrected chi connectivity index (χ2v) is 6.42. The molecule has 2 aromatic rings. The van der Waals surface area contributed by atoms with Crippen LogP contribution in [-0.4, -0.2) is 11.5 Å². The Kier molecular flexibility index (Phi) is 5.95. The van der Waals surface area contributed by atoms with Crippen molar-refractivity contribution < 1.29 is 0 Å². The molecule has 1 heterocycles. The SMILES string of the molecule is CCCNC(c1cc(Br)ccc1C)C(C)c1ccncc1. The van der Waals surface area contributed by atoms with Crippen molar-refractivity contribution in [1.82, 2.24) is 10.3 Å². The molecular formula is C18H23BrN2. The van der Waals surface area contributed by atoms with Gasteiger partial charge >= 0.3 is 0 Å². The van der Waals surface area contributed by atoms with E-state index < -0.39 is 0 Å². The first-order valence-corrected chi connectivity index (χ1v) is 8.32. The van der Waals surface area contributed by atoms with Gasteiger partial charge in [-0.1, -0.05) is 35.8 Å². The van der Waals surface area contributed by atoms with Crippen molar-refractivity contribution in [3.8, 4) is 0 Å². The maximum atomic E-state index is 4.13. The van der Waals surface area contributed by atoms with Gasteiger partial charge in [0.2, 0.25) is 0 Å². The van der Waals surface area contributed by atoms with Crippen molar-refractivity contribution >= 4 is 15.9 Å². The number of halogens is 1. The molecule has 21 heavy (non-hydrogen) atoms. The standard InChI is InChI=1S/C18H23BrN2/c1-4-9-21-18(14(3)15-7-10-20-11-8-15)17-12-16(19)6-5-13(17)2/h5-8,10-12,14,18,21H,4,9H2,1-3H3. The molecule has 0 aliphatic heterocycles. The molecule has 1 N–H and O–H groups in total. The smallest absolute Gasteiger partial charge is 0.0389 e. The summed E-state index contributed by atoms with van der Waals surface area (Å²) in [5.74, 6) is 0.396. The van der Waals surface area contributed by atoms with E-state index in [2.05, 4.69) is 77.3 Å². The maximum Gasteiger partial charge on any atom is 0.0389 e. The van der Waals surface area contributed by atoms with Gasteiger partial charge in [-0.25, -0.2) is 0 Å². The monoisotopic (exact) mass is 346 g/mol. The topological polar surface area (TPSA) is 24.9 Å². The first-order valence-electron chi connectivity index (χ1n) is 7.52. The zero-order chi connectivity index (χ0) is 15.2. The van der Waals surface area contributed by atoms with Crippen LogP contribution < -0.4 is 5.32 Å². The fraction of sp³-hybridized carbons (Fsp3) is 0.389. The molecule has 0 saturated carbocycles. The average Bonchev–Trinajstić information content (AvgIpc) is 2.51. The summed E-state index contributed by atoms with van der Waals surface area (Å²) in [7, 11) is 0. The van der Waals surface area contributed by atoms with Gasteiger partial charge in [0.15, 0.2) is 0 Å². The third kappa shape index (κ3) is 4.14. The highest BCUT2D eigenvalue weighted by Gasteiger charge is 2.22. The average molecular weight is 347 g/mol. The molecule has 0 aliphatic carbocycles. The molecule has 3 heteroatoms. The molecule has 0 amide bonds. The Balaban J connectivity index is 2.36. The molecule has 2 unspecified atom stereocenters. The van der Waals surface area contributed by atoms with Gasteiger partial charge < -0.3 is 5.32 Å². The van der Waals surface area contributed by atoms with Crippen LogP contribution in [0.3, 0.4) is 0 Å². The van der Waals surface area contributed by atoms with E-state index in [9.17, 15) is 0 Å². The molecule has 0 aliphatic rings. The molecule has 0 fully saturated rings. The van der Waals surface area contributed by atoms with Crippen molar-refractivity contribution in [2.24, 2.45) is 0 Å². The second kappa shape index (κ2) is 7.71. The van der Waals surface area contributed by atoms with Gasteiger partial charge in [-0.05, 0) is 60.8 Å². The van der Waals surface area contributed by atoms with Crippen molar-refractivity contribution in [1.29, 1.82) is 0 Å². The van der Waals surface area contributed by atoms with Crippen LogP contribution in [-0.2, 0) is 0 Å². The van der Waals surface area contributed by atoms with Crippen LogP contribution in [0.25, 0.3) is 0 Å². The summed E-state index contributed by atoms with van der Waals surface area (Å²) >= 11 is 3.60. The van der Waals surface area contributed by atoms with Crippen LogP contribution in [0.4, 0.5) is 0 Å². The van der Waals surface area contributed by atoms with Crippen LogP contribution in [0.5, 0.6) is 0 Å². The Morgan fingerprint density at radius 3 is 2.57 bits per heavy atom. The van der Waals surface area contributed by atoms with E-state index in [1.807, 2.05) is 12.4 Å². The molecule has 0 radical (unpaired) electrons. The summed E-state index contributed by atoms with van der Waals surface area (Å²) in [6, 6.07) is 11.0. The highest BCUT2D eigenvalue weighted by atomic mass is 79.9. The lowest BCUT2D eigenvalue weighted by Crippen LogP contribution is -2.27.